The minimum absolute atomic E-state index is 0.569. The van der Waals surface area contributed by atoms with Crippen molar-refractivity contribution in [2.75, 3.05) is 38.2 Å². The molecule has 5 rings (SSSR count). The monoisotopic (exact) mass is 446 g/mol. The maximum atomic E-state index is 6.72. The van der Waals surface area contributed by atoms with E-state index in [9.17, 15) is 0 Å². The molecule has 2 aromatic heterocycles. The van der Waals surface area contributed by atoms with E-state index in [0.29, 0.717) is 11.6 Å². The summed E-state index contributed by atoms with van der Waals surface area (Å²) in [5.74, 6) is 0. The number of halogens is 1. The number of piperazine rings is 1. The molecule has 1 aliphatic heterocycles. The number of benzene rings is 2. The van der Waals surface area contributed by atoms with Gasteiger partial charge in [0.05, 0.1) is 17.3 Å². The number of rotatable bonds is 5. The van der Waals surface area contributed by atoms with E-state index in [-0.39, 0.29) is 0 Å². The van der Waals surface area contributed by atoms with Crippen molar-refractivity contribution in [2.24, 2.45) is 7.05 Å². The molecule has 32 heavy (non-hydrogen) atoms. The van der Waals surface area contributed by atoms with Crippen molar-refractivity contribution < 1.29 is 4.74 Å². The van der Waals surface area contributed by atoms with Crippen LogP contribution in [0.15, 0.2) is 60.8 Å². The number of hydrogen-bond donors (Lipinski definition) is 1. The third-order valence-corrected chi connectivity index (χ3v) is 6.48. The zero-order valence-electron chi connectivity index (χ0n) is 18.4. The van der Waals surface area contributed by atoms with E-state index in [0.717, 1.165) is 65.2 Å². The quantitative estimate of drug-likeness (QED) is 0.462. The first-order valence-electron chi connectivity index (χ1n) is 10.9. The summed E-state index contributed by atoms with van der Waals surface area (Å²) in [4.78, 5) is 7.09. The number of nitrogens with one attached hydrogen (secondary N) is 1. The summed E-state index contributed by atoms with van der Waals surface area (Å²) < 4.78 is 7.52. The van der Waals surface area contributed by atoms with Gasteiger partial charge in [0.2, 0.25) is 0 Å². The Morgan fingerprint density at radius 2 is 1.81 bits per heavy atom. The fourth-order valence-electron chi connectivity index (χ4n) is 4.66. The SMILES string of the molecule is COCc1cccc(-c2c(-c3ccc(N4CCNCC4)cc3)n(C)c3nccc(Cl)c23)c1. The van der Waals surface area contributed by atoms with Crippen LogP contribution in [0.5, 0.6) is 0 Å². The molecular formula is C26H27ClN4O. The molecule has 2 aromatic carbocycles. The number of methoxy groups -OCH3 is 1. The largest absolute Gasteiger partial charge is 0.380 e. The number of nitrogens with zero attached hydrogens (tertiary/aromatic N) is 3. The average molecular weight is 447 g/mol. The maximum Gasteiger partial charge on any atom is 0.142 e. The molecule has 0 spiro atoms. The van der Waals surface area contributed by atoms with Crippen molar-refractivity contribution in [1.29, 1.82) is 0 Å². The van der Waals surface area contributed by atoms with Gasteiger partial charge >= 0.3 is 0 Å². The molecule has 0 atom stereocenters. The third-order valence-electron chi connectivity index (χ3n) is 6.17. The summed E-state index contributed by atoms with van der Waals surface area (Å²) in [6.45, 7) is 4.68. The molecule has 3 heterocycles. The van der Waals surface area contributed by atoms with Crippen LogP contribution >= 0.6 is 11.6 Å². The topological polar surface area (TPSA) is 42.3 Å². The van der Waals surface area contributed by atoms with Gasteiger partial charge in [-0.1, -0.05) is 41.9 Å². The van der Waals surface area contributed by atoms with E-state index in [1.54, 1.807) is 13.3 Å². The second-order valence-corrected chi connectivity index (χ2v) is 8.60. The lowest BCUT2D eigenvalue weighted by molar-refractivity contribution is 0.185. The van der Waals surface area contributed by atoms with E-state index >= 15 is 0 Å². The van der Waals surface area contributed by atoms with E-state index in [2.05, 4.69) is 75.3 Å². The highest BCUT2D eigenvalue weighted by atomic mass is 35.5. The molecule has 1 aliphatic rings. The summed E-state index contributed by atoms with van der Waals surface area (Å²) in [7, 11) is 3.78. The number of pyridine rings is 1. The standard InChI is InChI=1S/C26H27ClN4O/c1-30-25(19-6-8-21(9-7-19)31-14-12-28-13-15-31)23(24-22(27)10-11-29-26(24)30)20-5-3-4-18(16-20)17-32-2/h3-11,16,28H,12-15,17H2,1-2H3. The first kappa shape index (κ1) is 21.0. The lowest BCUT2D eigenvalue weighted by Gasteiger charge is -2.29. The smallest absolute Gasteiger partial charge is 0.142 e. The zero-order chi connectivity index (χ0) is 22.1. The maximum absolute atomic E-state index is 6.72. The molecule has 0 unspecified atom stereocenters. The Morgan fingerprint density at radius 3 is 2.56 bits per heavy atom. The second kappa shape index (κ2) is 8.94. The Kier molecular flexibility index (Phi) is 5.87. The molecule has 0 radical (unpaired) electrons. The van der Waals surface area contributed by atoms with Crippen LogP contribution in [-0.2, 0) is 18.4 Å². The van der Waals surface area contributed by atoms with E-state index in [1.807, 2.05) is 6.07 Å². The van der Waals surface area contributed by atoms with Crippen LogP contribution in [0, 0.1) is 0 Å². The molecular weight excluding hydrogens is 420 g/mol. The van der Waals surface area contributed by atoms with Crippen molar-refractivity contribution in [3.63, 3.8) is 0 Å². The lowest BCUT2D eigenvalue weighted by Crippen LogP contribution is -2.43. The summed E-state index contributed by atoms with van der Waals surface area (Å²) in [6, 6.07) is 19.2. The molecule has 1 N–H and O–H groups in total. The Morgan fingerprint density at radius 1 is 1.03 bits per heavy atom. The number of fused-ring (bicyclic) bond motifs is 1. The lowest BCUT2D eigenvalue weighted by atomic mass is 9.97. The fourth-order valence-corrected chi connectivity index (χ4v) is 4.90. The van der Waals surface area contributed by atoms with Gasteiger partial charge in [-0.15, -0.1) is 0 Å². The first-order valence-corrected chi connectivity index (χ1v) is 11.3. The van der Waals surface area contributed by atoms with Crippen molar-refractivity contribution >= 4 is 28.3 Å². The average Bonchev–Trinajstić information content (AvgIpc) is 3.14. The molecule has 0 aliphatic carbocycles. The molecule has 0 bridgehead atoms. The van der Waals surface area contributed by atoms with Crippen LogP contribution in [0.1, 0.15) is 5.56 Å². The number of hydrogen-bond acceptors (Lipinski definition) is 4. The Hall–Kier alpha value is -2.86. The fraction of sp³-hybridized carbons (Fsp3) is 0.269. The third kappa shape index (κ3) is 3.77. The van der Waals surface area contributed by atoms with Crippen molar-refractivity contribution in [3.05, 3.63) is 71.4 Å². The summed E-state index contributed by atoms with van der Waals surface area (Å²) in [6.07, 6.45) is 1.77. The normalized spacial score (nSPS) is 14.3. The van der Waals surface area contributed by atoms with Gasteiger partial charge in [0.15, 0.2) is 0 Å². The molecule has 4 aromatic rings. The highest BCUT2D eigenvalue weighted by molar-refractivity contribution is 6.37. The molecule has 5 nitrogen and oxygen atoms in total. The van der Waals surface area contributed by atoms with Crippen LogP contribution in [0.4, 0.5) is 5.69 Å². The summed E-state index contributed by atoms with van der Waals surface area (Å²) in [5.41, 5.74) is 7.74. The molecule has 1 fully saturated rings. The van der Waals surface area contributed by atoms with Crippen molar-refractivity contribution in [3.8, 4) is 22.4 Å². The molecule has 6 heteroatoms. The number of ether oxygens (including phenoxy) is 1. The highest BCUT2D eigenvalue weighted by Crippen LogP contribution is 2.43. The van der Waals surface area contributed by atoms with Crippen molar-refractivity contribution in [2.45, 2.75) is 6.61 Å². The van der Waals surface area contributed by atoms with Gasteiger partial charge in [0.25, 0.3) is 0 Å². The second-order valence-electron chi connectivity index (χ2n) is 8.19. The molecule has 164 valence electrons. The van der Waals surface area contributed by atoms with Crippen LogP contribution < -0.4 is 10.2 Å². The van der Waals surface area contributed by atoms with Crippen molar-refractivity contribution in [1.82, 2.24) is 14.9 Å². The Labute approximate surface area is 193 Å². The zero-order valence-corrected chi connectivity index (χ0v) is 19.2. The number of aromatic nitrogens is 2. The summed E-state index contributed by atoms with van der Waals surface area (Å²) in [5, 5.41) is 5.10. The van der Waals surface area contributed by atoms with E-state index in [1.165, 1.54) is 5.69 Å². The van der Waals surface area contributed by atoms with E-state index < -0.39 is 0 Å². The van der Waals surface area contributed by atoms with E-state index in [4.69, 9.17) is 16.3 Å². The number of anilines is 1. The van der Waals surface area contributed by atoms with Gasteiger partial charge in [-0.25, -0.2) is 4.98 Å². The summed E-state index contributed by atoms with van der Waals surface area (Å²) >= 11 is 6.72. The Balaban J connectivity index is 1.68. The minimum Gasteiger partial charge on any atom is -0.380 e. The van der Waals surface area contributed by atoms with Gasteiger partial charge in [0, 0.05) is 63.2 Å². The Bertz CT molecular complexity index is 1240. The highest BCUT2D eigenvalue weighted by Gasteiger charge is 2.22. The molecule has 0 amide bonds. The molecule has 0 saturated carbocycles. The number of aryl methyl sites for hydroxylation is 1. The van der Waals surface area contributed by atoms with Crippen LogP contribution in [0.3, 0.4) is 0 Å². The minimum atomic E-state index is 0.569. The van der Waals surface area contributed by atoms with Gasteiger partial charge in [-0.3, -0.25) is 0 Å². The van der Waals surface area contributed by atoms with Crippen LogP contribution in [0.2, 0.25) is 5.02 Å². The predicted octanol–water partition coefficient (Wildman–Crippen LogP) is 5.12. The first-order chi connectivity index (χ1) is 15.7. The van der Waals surface area contributed by atoms with Crippen LogP contribution in [-0.4, -0.2) is 42.8 Å². The van der Waals surface area contributed by atoms with Gasteiger partial charge in [-0.05, 0) is 41.0 Å². The molecule has 1 saturated heterocycles. The predicted molar refractivity (Wildman–Crippen MR) is 132 cm³/mol. The van der Waals surface area contributed by atoms with Crippen LogP contribution in [0.25, 0.3) is 33.4 Å². The van der Waals surface area contributed by atoms with Gasteiger partial charge in [-0.2, -0.15) is 0 Å². The van der Waals surface area contributed by atoms with Gasteiger partial charge in [0.1, 0.15) is 5.65 Å². The van der Waals surface area contributed by atoms with Gasteiger partial charge < -0.3 is 19.5 Å².